The van der Waals surface area contributed by atoms with Crippen LogP contribution in [0.2, 0.25) is 0 Å². The first-order valence-electron chi connectivity index (χ1n) is 13.1. The van der Waals surface area contributed by atoms with Crippen molar-refractivity contribution in [1.29, 1.82) is 0 Å². The Bertz CT molecular complexity index is 1190. The highest BCUT2D eigenvalue weighted by Crippen LogP contribution is 2.28. The van der Waals surface area contributed by atoms with E-state index < -0.39 is 0 Å². The zero-order valence-corrected chi connectivity index (χ0v) is 21.9. The molecule has 1 N–H and O–H groups in total. The number of aromatic nitrogens is 2. The molecule has 38 heavy (non-hydrogen) atoms. The number of nitrogens with zero attached hydrogens (tertiary/aromatic N) is 6. The molecule has 2 amide bonds. The number of fused-ring (bicyclic) bond motifs is 1. The van der Waals surface area contributed by atoms with Gasteiger partial charge in [0.05, 0.1) is 0 Å². The molecule has 0 saturated carbocycles. The number of methoxy groups -OCH3 is 1. The van der Waals surface area contributed by atoms with Gasteiger partial charge in [-0.2, -0.15) is 4.98 Å². The predicted molar refractivity (Wildman–Crippen MR) is 149 cm³/mol. The van der Waals surface area contributed by atoms with Crippen LogP contribution in [-0.2, 0) is 14.3 Å². The van der Waals surface area contributed by atoms with Crippen molar-refractivity contribution in [2.45, 2.75) is 6.42 Å². The van der Waals surface area contributed by atoms with Crippen molar-refractivity contribution < 1.29 is 14.3 Å². The summed E-state index contributed by atoms with van der Waals surface area (Å²) in [5.41, 5.74) is 3.06. The molecule has 10 heteroatoms. The topological polar surface area (TPSA) is 94.1 Å². The lowest BCUT2D eigenvalue weighted by Gasteiger charge is -2.40. The van der Waals surface area contributed by atoms with Crippen LogP contribution in [0.25, 0.3) is 6.08 Å². The molecule has 0 atom stereocenters. The third-order valence-electron chi connectivity index (χ3n) is 7.36. The maximum atomic E-state index is 12.0. The molecule has 0 spiro atoms. The van der Waals surface area contributed by atoms with Gasteiger partial charge in [0.15, 0.2) is 0 Å². The average Bonchev–Trinajstić information content (AvgIpc) is 2.93. The minimum atomic E-state index is 0.0148. The number of carbonyl (C=O) groups excluding carboxylic acids is 2. The quantitative estimate of drug-likeness (QED) is 0.507. The van der Waals surface area contributed by atoms with E-state index >= 15 is 0 Å². The number of benzene rings is 1. The number of hydrogen-bond donors (Lipinski definition) is 1. The number of carbonyl (C=O) groups is 2. The Morgan fingerprint density at radius 2 is 1.89 bits per heavy atom. The standard InChI is InChI=1S/C28H35N7O3/c1-3-25(36)35-18-21(19-35)10-12-34-11-4-5-22-17-29-28(31-27(22)34)30-23-6-8-24(9-7-23)32-13-15-33(16-14-32)26(37)20-38-2/h3-9,17,21H,1,10-16,18-20H2,2H3,(H,29,30,31). The van der Waals surface area contributed by atoms with Gasteiger partial charge in [-0.3, -0.25) is 9.59 Å². The number of piperazine rings is 1. The lowest BCUT2D eigenvalue weighted by molar-refractivity contribution is -0.135. The average molecular weight is 518 g/mol. The van der Waals surface area contributed by atoms with Gasteiger partial charge in [-0.15, -0.1) is 0 Å². The number of anilines is 4. The molecular weight excluding hydrogens is 482 g/mol. The van der Waals surface area contributed by atoms with Crippen LogP contribution in [0.1, 0.15) is 12.0 Å². The van der Waals surface area contributed by atoms with Gasteiger partial charge < -0.3 is 29.7 Å². The molecule has 4 heterocycles. The first kappa shape index (κ1) is 25.7. The van der Waals surface area contributed by atoms with E-state index in [1.54, 1.807) is 7.11 Å². The van der Waals surface area contributed by atoms with Gasteiger partial charge in [-0.1, -0.05) is 18.7 Å². The smallest absolute Gasteiger partial charge is 0.248 e. The molecule has 0 radical (unpaired) electrons. The van der Waals surface area contributed by atoms with Crippen molar-refractivity contribution in [3.63, 3.8) is 0 Å². The summed E-state index contributed by atoms with van der Waals surface area (Å²) < 4.78 is 4.97. The molecule has 0 bridgehead atoms. The van der Waals surface area contributed by atoms with E-state index in [1.807, 2.05) is 28.1 Å². The third kappa shape index (κ3) is 5.80. The summed E-state index contributed by atoms with van der Waals surface area (Å²) in [5.74, 6) is 2.07. The SMILES string of the molecule is C=CC(=O)N1CC(CCN2CC=Cc3cnc(Nc4ccc(N5CCN(C(=O)COC)CC5)cc4)nc32)C1. The fourth-order valence-corrected chi connectivity index (χ4v) is 5.12. The maximum absolute atomic E-state index is 12.0. The van der Waals surface area contributed by atoms with Crippen molar-refractivity contribution in [2.24, 2.45) is 5.92 Å². The van der Waals surface area contributed by atoms with Crippen molar-refractivity contribution in [1.82, 2.24) is 19.8 Å². The molecule has 1 aromatic carbocycles. The van der Waals surface area contributed by atoms with E-state index in [4.69, 9.17) is 9.72 Å². The van der Waals surface area contributed by atoms with Crippen LogP contribution in [0.4, 0.5) is 23.1 Å². The summed E-state index contributed by atoms with van der Waals surface area (Å²) in [6.07, 6.45) is 8.47. The molecule has 10 nitrogen and oxygen atoms in total. The second-order valence-electron chi connectivity index (χ2n) is 9.90. The summed E-state index contributed by atoms with van der Waals surface area (Å²) in [6, 6.07) is 8.24. The molecule has 2 aromatic rings. The molecule has 3 aliphatic rings. The summed E-state index contributed by atoms with van der Waals surface area (Å²) in [4.78, 5) is 41.3. The molecule has 2 fully saturated rings. The van der Waals surface area contributed by atoms with E-state index in [-0.39, 0.29) is 18.4 Å². The van der Waals surface area contributed by atoms with Crippen molar-refractivity contribution in [2.75, 3.05) is 81.2 Å². The molecule has 2 saturated heterocycles. The van der Waals surface area contributed by atoms with Crippen LogP contribution in [-0.4, -0.2) is 97.7 Å². The second-order valence-corrected chi connectivity index (χ2v) is 9.90. The number of hydrogen-bond acceptors (Lipinski definition) is 8. The zero-order chi connectivity index (χ0) is 26.5. The van der Waals surface area contributed by atoms with Gasteiger partial charge in [0, 0.05) is 82.6 Å². The van der Waals surface area contributed by atoms with E-state index in [9.17, 15) is 9.59 Å². The third-order valence-corrected chi connectivity index (χ3v) is 7.36. The molecule has 3 aliphatic heterocycles. The van der Waals surface area contributed by atoms with Gasteiger partial charge in [0.2, 0.25) is 17.8 Å². The van der Waals surface area contributed by atoms with Crippen LogP contribution in [0.3, 0.4) is 0 Å². The first-order valence-corrected chi connectivity index (χ1v) is 13.1. The summed E-state index contributed by atoms with van der Waals surface area (Å²) in [7, 11) is 1.55. The Hall–Kier alpha value is -3.92. The molecule has 5 rings (SSSR count). The molecule has 0 unspecified atom stereocenters. The second kappa shape index (κ2) is 11.6. The largest absolute Gasteiger partial charge is 0.375 e. The van der Waals surface area contributed by atoms with Gasteiger partial charge in [0.1, 0.15) is 12.4 Å². The Morgan fingerprint density at radius 3 is 2.61 bits per heavy atom. The number of ether oxygens (including phenoxy) is 1. The number of rotatable bonds is 9. The predicted octanol–water partition coefficient (Wildman–Crippen LogP) is 2.38. The van der Waals surface area contributed by atoms with E-state index in [1.165, 1.54) is 6.08 Å². The van der Waals surface area contributed by atoms with E-state index in [2.05, 4.69) is 51.0 Å². The fraction of sp³-hybridized carbons (Fsp3) is 0.429. The van der Waals surface area contributed by atoms with Crippen LogP contribution < -0.4 is 15.1 Å². The Balaban J connectivity index is 1.16. The maximum Gasteiger partial charge on any atom is 0.248 e. The lowest BCUT2D eigenvalue weighted by Crippen LogP contribution is -2.50. The number of amides is 2. The van der Waals surface area contributed by atoms with Crippen LogP contribution in [0.5, 0.6) is 0 Å². The van der Waals surface area contributed by atoms with Crippen LogP contribution in [0, 0.1) is 5.92 Å². The van der Waals surface area contributed by atoms with Crippen molar-refractivity contribution in [3.8, 4) is 0 Å². The van der Waals surface area contributed by atoms with E-state index in [0.29, 0.717) is 25.0 Å². The first-order chi connectivity index (χ1) is 18.5. The highest BCUT2D eigenvalue weighted by Gasteiger charge is 2.30. The lowest BCUT2D eigenvalue weighted by atomic mass is 9.95. The Labute approximate surface area is 223 Å². The van der Waals surface area contributed by atoms with E-state index in [0.717, 1.165) is 68.4 Å². The van der Waals surface area contributed by atoms with Crippen molar-refractivity contribution in [3.05, 3.63) is 54.8 Å². The monoisotopic (exact) mass is 517 g/mol. The van der Waals surface area contributed by atoms with Gasteiger partial charge in [-0.25, -0.2) is 4.98 Å². The normalized spacial score (nSPS) is 17.2. The summed E-state index contributed by atoms with van der Waals surface area (Å²) in [6.45, 7) is 9.98. The molecular formula is C28H35N7O3. The number of likely N-dealkylation sites (tertiary alicyclic amines) is 1. The highest BCUT2D eigenvalue weighted by molar-refractivity contribution is 5.87. The molecule has 1 aromatic heterocycles. The fourth-order valence-electron chi connectivity index (χ4n) is 5.12. The summed E-state index contributed by atoms with van der Waals surface area (Å²) >= 11 is 0. The minimum absolute atomic E-state index is 0.0148. The molecule has 200 valence electrons. The van der Waals surface area contributed by atoms with Crippen LogP contribution in [0.15, 0.2) is 49.2 Å². The van der Waals surface area contributed by atoms with Gasteiger partial charge in [-0.05, 0) is 42.7 Å². The van der Waals surface area contributed by atoms with Gasteiger partial charge >= 0.3 is 0 Å². The molecule has 0 aliphatic carbocycles. The number of nitrogens with one attached hydrogen (secondary N) is 1. The Morgan fingerprint density at radius 1 is 1.13 bits per heavy atom. The highest BCUT2D eigenvalue weighted by atomic mass is 16.5. The summed E-state index contributed by atoms with van der Waals surface area (Å²) in [5, 5.41) is 3.34. The minimum Gasteiger partial charge on any atom is -0.375 e. The van der Waals surface area contributed by atoms with Crippen LogP contribution >= 0.6 is 0 Å². The van der Waals surface area contributed by atoms with Gasteiger partial charge in [0.25, 0.3) is 0 Å². The Kier molecular flexibility index (Phi) is 7.88. The zero-order valence-electron chi connectivity index (χ0n) is 21.9. The van der Waals surface area contributed by atoms with Crippen molar-refractivity contribution >= 4 is 41.0 Å².